The monoisotopic (exact) mass is 322 g/mol. The highest BCUT2D eigenvalue weighted by Crippen LogP contribution is 2.43. The van der Waals surface area contributed by atoms with Gasteiger partial charge in [-0.2, -0.15) is 13.2 Å². The van der Waals surface area contributed by atoms with Gasteiger partial charge in [-0.1, -0.05) is 55.7 Å². The van der Waals surface area contributed by atoms with Gasteiger partial charge in [0, 0.05) is 5.56 Å². The molecular formula is C19H18F4. The molecule has 2 aromatic rings. The second kappa shape index (κ2) is 6.34. The Hall–Kier alpha value is -1.84. The first kappa shape index (κ1) is 16.0. The molecule has 4 heteroatoms. The van der Waals surface area contributed by atoms with Crippen molar-refractivity contribution in [2.75, 3.05) is 0 Å². The van der Waals surface area contributed by atoms with Gasteiger partial charge in [-0.05, 0) is 36.0 Å². The summed E-state index contributed by atoms with van der Waals surface area (Å²) >= 11 is 0. The van der Waals surface area contributed by atoms with E-state index >= 15 is 0 Å². The van der Waals surface area contributed by atoms with Crippen LogP contribution in [0.1, 0.15) is 49.1 Å². The number of hydrogen-bond donors (Lipinski definition) is 0. The molecule has 1 saturated carbocycles. The quantitative estimate of drug-likeness (QED) is 0.549. The average molecular weight is 322 g/mol. The van der Waals surface area contributed by atoms with Crippen LogP contribution in [0, 0.1) is 5.82 Å². The predicted molar refractivity (Wildman–Crippen MR) is 82.7 cm³/mol. The van der Waals surface area contributed by atoms with Gasteiger partial charge >= 0.3 is 6.18 Å². The molecule has 1 aliphatic carbocycles. The molecule has 1 fully saturated rings. The highest BCUT2D eigenvalue weighted by Gasteiger charge is 2.36. The van der Waals surface area contributed by atoms with Crippen LogP contribution in [0.3, 0.4) is 0 Å². The van der Waals surface area contributed by atoms with E-state index in [2.05, 4.69) is 0 Å². The molecule has 0 N–H and O–H groups in total. The molecule has 0 aromatic heterocycles. The molecule has 122 valence electrons. The molecule has 0 aliphatic heterocycles. The second-order valence-corrected chi connectivity index (χ2v) is 6.09. The van der Waals surface area contributed by atoms with Crippen LogP contribution < -0.4 is 0 Å². The first-order chi connectivity index (χ1) is 11.0. The highest BCUT2D eigenvalue weighted by atomic mass is 19.4. The fraction of sp³-hybridized carbons (Fsp3) is 0.368. The van der Waals surface area contributed by atoms with Crippen LogP contribution in [-0.2, 0) is 6.18 Å². The van der Waals surface area contributed by atoms with E-state index in [0.717, 1.165) is 38.2 Å². The van der Waals surface area contributed by atoms with E-state index < -0.39 is 17.6 Å². The third-order valence-corrected chi connectivity index (χ3v) is 4.59. The third kappa shape index (κ3) is 3.26. The van der Waals surface area contributed by atoms with Crippen molar-refractivity contribution in [2.24, 2.45) is 0 Å². The minimum Gasteiger partial charge on any atom is -0.206 e. The number of hydrogen-bond acceptors (Lipinski definition) is 0. The molecule has 0 unspecified atom stereocenters. The van der Waals surface area contributed by atoms with Gasteiger partial charge in [0.2, 0.25) is 0 Å². The number of rotatable bonds is 2. The standard InChI is InChI=1S/C19H18F4/c20-18-16(19(21,22)23)12-11-15(13-7-3-1-4-8-13)17(18)14-9-5-2-6-10-14/h2,5-6,9-13H,1,3-4,7-8H2. The van der Waals surface area contributed by atoms with Crippen LogP contribution in [0.25, 0.3) is 11.1 Å². The zero-order valence-electron chi connectivity index (χ0n) is 12.7. The lowest BCUT2D eigenvalue weighted by Gasteiger charge is -2.26. The van der Waals surface area contributed by atoms with Crippen molar-refractivity contribution in [2.45, 2.75) is 44.2 Å². The first-order valence-electron chi connectivity index (χ1n) is 7.93. The van der Waals surface area contributed by atoms with Gasteiger partial charge in [0.15, 0.2) is 0 Å². The second-order valence-electron chi connectivity index (χ2n) is 6.09. The highest BCUT2D eigenvalue weighted by molar-refractivity contribution is 5.70. The molecule has 0 amide bonds. The fourth-order valence-corrected chi connectivity index (χ4v) is 3.46. The van der Waals surface area contributed by atoms with E-state index in [1.165, 1.54) is 6.07 Å². The number of benzene rings is 2. The molecule has 0 atom stereocenters. The van der Waals surface area contributed by atoms with Gasteiger partial charge < -0.3 is 0 Å². The Balaban J connectivity index is 2.18. The van der Waals surface area contributed by atoms with Gasteiger partial charge in [0.25, 0.3) is 0 Å². The molecule has 0 saturated heterocycles. The molecule has 2 aromatic carbocycles. The Labute approximate surface area is 133 Å². The Bertz CT molecular complexity index is 668. The van der Waals surface area contributed by atoms with Gasteiger partial charge in [-0.3, -0.25) is 0 Å². The topological polar surface area (TPSA) is 0 Å². The Kier molecular flexibility index (Phi) is 4.42. The van der Waals surface area contributed by atoms with E-state index in [1.54, 1.807) is 30.3 Å². The maximum Gasteiger partial charge on any atom is 0.419 e. The zero-order chi connectivity index (χ0) is 16.4. The van der Waals surface area contributed by atoms with E-state index in [1.807, 2.05) is 0 Å². The van der Waals surface area contributed by atoms with Gasteiger partial charge in [-0.25, -0.2) is 4.39 Å². The molecule has 0 spiro atoms. The van der Waals surface area contributed by atoms with Crippen LogP contribution >= 0.6 is 0 Å². The van der Waals surface area contributed by atoms with E-state index in [0.29, 0.717) is 11.1 Å². The van der Waals surface area contributed by atoms with Crippen molar-refractivity contribution < 1.29 is 17.6 Å². The molecule has 0 nitrogen and oxygen atoms in total. The summed E-state index contributed by atoms with van der Waals surface area (Å²) in [6.07, 6.45) is 0.358. The van der Waals surface area contributed by atoms with Crippen molar-refractivity contribution >= 4 is 0 Å². The van der Waals surface area contributed by atoms with Crippen molar-refractivity contribution in [1.82, 2.24) is 0 Å². The van der Waals surface area contributed by atoms with E-state index in [9.17, 15) is 17.6 Å². The Morgan fingerprint density at radius 2 is 1.48 bits per heavy atom. The summed E-state index contributed by atoms with van der Waals surface area (Å²) in [7, 11) is 0. The summed E-state index contributed by atoms with van der Waals surface area (Å²) < 4.78 is 54.0. The van der Waals surface area contributed by atoms with Gasteiger partial charge in [0.1, 0.15) is 5.82 Å². The molecule has 3 rings (SSSR count). The minimum absolute atomic E-state index is 0.118. The van der Waals surface area contributed by atoms with Gasteiger partial charge in [-0.15, -0.1) is 0 Å². The van der Waals surface area contributed by atoms with Crippen molar-refractivity contribution in [3.63, 3.8) is 0 Å². The Morgan fingerprint density at radius 1 is 0.826 bits per heavy atom. The predicted octanol–water partition coefficient (Wildman–Crippen LogP) is 6.56. The molecule has 23 heavy (non-hydrogen) atoms. The van der Waals surface area contributed by atoms with Crippen LogP contribution in [0.15, 0.2) is 42.5 Å². The summed E-state index contributed by atoms with van der Waals surface area (Å²) in [4.78, 5) is 0. The smallest absolute Gasteiger partial charge is 0.206 e. The maximum absolute atomic E-state index is 14.7. The summed E-state index contributed by atoms with van der Waals surface area (Å²) in [6, 6.07) is 10.9. The zero-order valence-corrected chi connectivity index (χ0v) is 12.7. The SMILES string of the molecule is Fc1c(C(F)(F)F)ccc(C2CCCCC2)c1-c1ccccc1. The molecule has 0 radical (unpaired) electrons. The molecule has 0 bridgehead atoms. The van der Waals surface area contributed by atoms with Crippen LogP contribution in [0.2, 0.25) is 0 Å². The number of alkyl halides is 3. The largest absolute Gasteiger partial charge is 0.419 e. The maximum atomic E-state index is 14.7. The summed E-state index contributed by atoms with van der Waals surface area (Å²) in [5.41, 5.74) is 0.154. The summed E-state index contributed by atoms with van der Waals surface area (Å²) in [5.74, 6) is -1.01. The Morgan fingerprint density at radius 3 is 2.09 bits per heavy atom. The average Bonchev–Trinajstić information content (AvgIpc) is 2.55. The lowest BCUT2D eigenvalue weighted by Crippen LogP contribution is -2.13. The van der Waals surface area contributed by atoms with Crippen LogP contribution in [0.5, 0.6) is 0 Å². The van der Waals surface area contributed by atoms with Crippen molar-refractivity contribution in [3.8, 4) is 11.1 Å². The molecule has 1 aliphatic rings. The normalized spacial score (nSPS) is 16.5. The molecule has 0 heterocycles. The van der Waals surface area contributed by atoms with Crippen molar-refractivity contribution in [1.29, 1.82) is 0 Å². The summed E-state index contributed by atoms with van der Waals surface area (Å²) in [5, 5.41) is 0. The van der Waals surface area contributed by atoms with Crippen molar-refractivity contribution in [3.05, 3.63) is 59.4 Å². The van der Waals surface area contributed by atoms with Gasteiger partial charge in [0.05, 0.1) is 5.56 Å². The van der Waals surface area contributed by atoms with Crippen LogP contribution in [0.4, 0.5) is 17.6 Å². The first-order valence-corrected chi connectivity index (χ1v) is 7.93. The van der Waals surface area contributed by atoms with Crippen LogP contribution in [-0.4, -0.2) is 0 Å². The van der Waals surface area contributed by atoms with E-state index in [-0.39, 0.29) is 11.5 Å². The fourth-order valence-electron chi connectivity index (χ4n) is 3.46. The molecular weight excluding hydrogens is 304 g/mol. The lowest BCUT2D eigenvalue weighted by atomic mass is 9.80. The third-order valence-electron chi connectivity index (χ3n) is 4.59. The number of halogens is 4. The lowest BCUT2D eigenvalue weighted by molar-refractivity contribution is -0.139. The van der Waals surface area contributed by atoms with E-state index in [4.69, 9.17) is 0 Å². The minimum atomic E-state index is -4.68. The summed E-state index contributed by atoms with van der Waals surface area (Å²) in [6.45, 7) is 0.